The second-order valence-corrected chi connectivity index (χ2v) is 4.72. The van der Waals surface area contributed by atoms with Crippen LogP contribution >= 0.6 is 0 Å². The van der Waals surface area contributed by atoms with Crippen LogP contribution in [0.3, 0.4) is 0 Å². The van der Waals surface area contributed by atoms with E-state index in [9.17, 15) is 22.0 Å². The lowest BCUT2D eigenvalue weighted by Gasteiger charge is -2.17. The summed E-state index contributed by atoms with van der Waals surface area (Å²) in [6.07, 6.45) is 0.883. The maximum Gasteiger partial charge on any atom is 0.461 e. The van der Waals surface area contributed by atoms with Gasteiger partial charge >= 0.3 is 12.1 Å². The standard InChI is InChI=1S/C14H8F5N5/c15-13(16,14(17,18)19)12-21-5-3-11(23-12)9-6-22-24(8-9)10-2-1-4-20-7-10/h1-8H. The van der Waals surface area contributed by atoms with E-state index in [0.717, 1.165) is 6.20 Å². The molecule has 0 radical (unpaired) electrons. The molecule has 0 aliphatic heterocycles. The Morgan fingerprint density at radius 2 is 1.75 bits per heavy atom. The maximum absolute atomic E-state index is 13.3. The largest absolute Gasteiger partial charge is 0.461 e. The van der Waals surface area contributed by atoms with Crippen molar-refractivity contribution in [2.24, 2.45) is 0 Å². The van der Waals surface area contributed by atoms with Crippen LogP contribution in [0.1, 0.15) is 5.82 Å². The van der Waals surface area contributed by atoms with E-state index in [0.29, 0.717) is 5.69 Å². The van der Waals surface area contributed by atoms with Crippen LogP contribution in [0.5, 0.6) is 0 Å². The number of halogens is 5. The molecular weight excluding hydrogens is 333 g/mol. The Balaban J connectivity index is 1.97. The molecule has 3 aromatic heterocycles. The van der Waals surface area contributed by atoms with E-state index in [1.165, 1.54) is 29.3 Å². The fourth-order valence-electron chi connectivity index (χ4n) is 1.88. The van der Waals surface area contributed by atoms with Gasteiger partial charge in [0.05, 0.1) is 23.8 Å². The van der Waals surface area contributed by atoms with Crippen LogP contribution in [-0.2, 0) is 5.92 Å². The minimum absolute atomic E-state index is 0.0981. The van der Waals surface area contributed by atoms with Gasteiger partial charge in [0.25, 0.3) is 0 Å². The van der Waals surface area contributed by atoms with Gasteiger partial charge in [0.15, 0.2) is 0 Å². The molecule has 0 N–H and O–H groups in total. The molecule has 3 aromatic rings. The van der Waals surface area contributed by atoms with Gasteiger partial charge in [-0.3, -0.25) is 4.98 Å². The summed E-state index contributed by atoms with van der Waals surface area (Å²) in [6, 6.07) is 4.59. The van der Waals surface area contributed by atoms with E-state index in [4.69, 9.17) is 0 Å². The molecule has 24 heavy (non-hydrogen) atoms. The van der Waals surface area contributed by atoms with E-state index in [1.54, 1.807) is 18.3 Å². The van der Waals surface area contributed by atoms with Crippen molar-refractivity contribution in [3.05, 3.63) is 55.0 Å². The SMILES string of the molecule is FC(F)(F)C(F)(F)c1nccc(-c2cnn(-c3cccnc3)c2)n1. The Labute approximate surface area is 131 Å². The maximum atomic E-state index is 13.3. The van der Waals surface area contributed by atoms with Gasteiger partial charge < -0.3 is 0 Å². The average molecular weight is 341 g/mol. The molecule has 124 valence electrons. The first kappa shape index (κ1) is 16.0. The zero-order chi connectivity index (χ0) is 17.4. The van der Waals surface area contributed by atoms with Crippen molar-refractivity contribution in [1.29, 1.82) is 0 Å². The smallest absolute Gasteiger partial charge is 0.262 e. The summed E-state index contributed by atoms with van der Waals surface area (Å²) in [4.78, 5) is 10.3. The minimum Gasteiger partial charge on any atom is -0.262 e. The molecule has 0 aliphatic carbocycles. The van der Waals surface area contributed by atoms with E-state index >= 15 is 0 Å². The van der Waals surface area contributed by atoms with Gasteiger partial charge in [-0.15, -0.1) is 0 Å². The van der Waals surface area contributed by atoms with Crippen LogP contribution in [0, 0.1) is 0 Å². The molecule has 0 amide bonds. The molecule has 0 unspecified atom stereocenters. The number of hydrogen-bond acceptors (Lipinski definition) is 4. The topological polar surface area (TPSA) is 56.5 Å². The second-order valence-electron chi connectivity index (χ2n) is 4.72. The summed E-state index contributed by atoms with van der Waals surface area (Å²) in [5.41, 5.74) is 0.762. The van der Waals surface area contributed by atoms with E-state index in [2.05, 4.69) is 20.1 Å². The highest BCUT2D eigenvalue weighted by atomic mass is 19.4. The summed E-state index contributed by atoms with van der Waals surface area (Å²) >= 11 is 0. The van der Waals surface area contributed by atoms with Gasteiger partial charge in [-0.2, -0.15) is 27.1 Å². The molecule has 3 rings (SSSR count). The zero-order valence-electron chi connectivity index (χ0n) is 11.7. The van der Waals surface area contributed by atoms with Crippen LogP contribution in [0.15, 0.2) is 49.2 Å². The number of rotatable bonds is 3. The van der Waals surface area contributed by atoms with Crippen molar-refractivity contribution < 1.29 is 22.0 Å². The molecule has 0 aromatic carbocycles. The zero-order valence-corrected chi connectivity index (χ0v) is 11.7. The van der Waals surface area contributed by atoms with Crippen molar-refractivity contribution >= 4 is 0 Å². The highest BCUT2D eigenvalue weighted by Crippen LogP contribution is 2.42. The number of alkyl halides is 5. The summed E-state index contributed by atoms with van der Waals surface area (Å²) < 4.78 is 65.4. The third-order valence-electron chi connectivity index (χ3n) is 3.08. The first-order valence-corrected chi connectivity index (χ1v) is 6.52. The molecule has 0 fully saturated rings. The minimum atomic E-state index is -5.77. The van der Waals surface area contributed by atoms with Gasteiger partial charge in [-0.25, -0.2) is 14.6 Å². The summed E-state index contributed by atoms with van der Waals surface area (Å²) in [6.45, 7) is 0. The molecular formula is C14H8F5N5. The number of nitrogens with zero attached hydrogens (tertiary/aromatic N) is 5. The third kappa shape index (κ3) is 2.82. The van der Waals surface area contributed by atoms with Crippen LogP contribution < -0.4 is 0 Å². The summed E-state index contributed by atoms with van der Waals surface area (Å²) in [7, 11) is 0. The Hall–Kier alpha value is -2.91. The average Bonchev–Trinajstić information content (AvgIpc) is 3.05. The van der Waals surface area contributed by atoms with E-state index in [1.807, 2.05) is 0 Å². The van der Waals surface area contributed by atoms with Gasteiger partial charge in [0.2, 0.25) is 5.82 Å². The quantitative estimate of drug-likeness (QED) is 0.686. The lowest BCUT2D eigenvalue weighted by atomic mass is 10.2. The van der Waals surface area contributed by atoms with Crippen LogP contribution in [0.25, 0.3) is 16.9 Å². The molecule has 3 heterocycles. The van der Waals surface area contributed by atoms with Gasteiger partial charge in [-0.05, 0) is 18.2 Å². The molecule has 5 nitrogen and oxygen atoms in total. The van der Waals surface area contributed by atoms with Crippen LogP contribution in [-0.4, -0.2) is 30.9 Å². The van der Waals surface area contributed by atoms with Crippen LogP contribution in [0.4, 0.5) is 22.0 Å². The predicted molar refractivity (Wildman–Crippen MR) is 72.3 cm³/mol. The number of aromatic nitrogens is 5. The fraction of sp³-hybridized carbons (Fsp3) is 0.143. The lowest BCUT2D eigenvalue weighted by Crippen LogP contribution is -2.35. The van der Waals surface area contributed by atoms with Crippen molar-refractivity contribution in [3.63, 3.8) is 0 Å². The third-order valence-corrected chi connectivity index (χ3v) is 3.08. The first-order valence-electron chi connectivity index (χ1n) is 6.52. The highest BCUT2D eigenvalue weighted by Gasteiger charge is 2.61. The molecule has 0 bridgehead atoms. The number of hydrogen-bond donors (Lipinski definition) is 0. The predicted octanol–water partition coefficient (Wildman–Crippen LogP) is 3.38. The second kappa shape index (κ2) is 5.62. The Bertz CT molecular complexity index is 844. The monoisotopic (exact) mass is 341 g/mol. The summed E-state index contributed by atoms with van der Waals surface area (Å²) in [5, 5.41) is 4.01. The van der Waals surface area contributed by atoms with Crippen molar-refractivity contribution in [1.82, 2.24) is 24.7 Å². The summed E-state index contributed by atoms with van der Waals surface area (Å²) in [5.74, 6) is -6.75. The molecule has 0 saturated heterocycles. The molecule has 0 saturated carbocycles. The molecule has 0 spiro atoms. The Morgan fingerprint density at radius 1 is 0.958 bits per heavy atom. The fourth-order valence-corrected chi connectivity index (χ4v) is 1.88. The van der Waals surface area contributed by atoms with Crippen molar-refractivity contribution in [2.45, 2.75) is 12.1 Å². The van der Waals surface area contributed by atoms with Gasteiger partial charge in [0, 0.05) is 24.2 Å². The van der Waals surface area contributed by atoms with Crippen molar-refractivity contribution in [2.75, 3.05) is 0 Å². The number of pyridine rings is 1. The molecule has 0 aliphatic rings. The van der Waals surface area contributed by atoms with Crippen LogP contribution in [0.2, 0.25) is 0 Å². The lowest BCUT2D eigenvalue weighted by molar-refractivity contribution is -0.292. The van der Waals surface area contributed by atoms with Gasteiger partial charge in [0.1, 0.15) is 0 Å². The van der Waals surface area contributed by atoms with E-state index < -0.39 is 17.9 Å². The van der Waals surface area contributed by atoms with Crippen molar-refractivity contribution in [3.8, 4) is 16.9 Å². The Kier molecular flexibility index (Phi) is 3.74. The Morgan fingerprint density at radius 3 is 2.42 bits per heavy atom. The highest BCUT2D eigenvalue weighted by molar-refractivity contribution is 5.57. The molecule has 10 heteroatoms. The van der Waals surface area contributed by atoms with E-state index in [-0.39, 0.29) is 11.3 Å². The van der Waals surface area contributed by atoms with Gasteiger partial charge in [-0.1, -0.05) is 0 Å². The first-order chi connectivity index (χ1) is 11.3. The molecule has 0 atom stereocenters. The normalized spacial score (nSPS) is 12.4.